The summed E-state index contributed by atoms with van der Waals surface area (Å²) in [7, 11) is 0. The van der Waals surface area contributed by atoms with Gasteiger partial charge in [0.15, 0.2) is 0 Å². The number of hydrogen-bond donors (Lipinski definition) is 2. The van der Waals surface area contributed by atoms with Crippen LogP contribution in [-0.4, -0.2) is 26.2 Å². The fourth-order valence-corrected chi connectivity index (χ4v) is 4.41. The molecule has 6 rings (SSSR count). The predicted molar refractivity (Wildman–Crippen MR) is 107 cm³/mol. The second-order valence-electron chi connectivity index (χ2n) is 7.25. The van der Waals surface area contributed by atoms with Gasteiger partial charge < -0.3 is 9.97 Å². The minimum Gasteiger partial charge on any atom is -0.358 e. The minimum atomic E-state index is -0.261. The lowest BCUT2D eigenvalue weighted by molar-refractivity contribution is 0.608. The number of aliphatic imine (C=N–C) groups is 1. The monoisotopic (exact) mass is 369 g/mol. The molecule has 0 saturated carbocycles. The Morgan fingerprint density at radius 2 is 2.07 bits per heavy atom. The highest BCUT2D eigenvalue weighted by atomic mass is 19.1. The van der Waals surface area contributed by atoms with Crippen molar-refractivity contribution in [3.63, 3.8) is 0 Å². The third kappa shape index (κ3) is 2.03. The molecule has 1 aliphatic heterocycles. The topological polar surface area (TPSA) is 69.7 Å². The van der Waals surface area contributed by atoms with Gasteiger partial charge in [0.05, 0.1) is 17.1 Å². The summed E-state index contributed by atoms with van der Waals surface area (Å²) in [6, 6.07) is 8.69. The molecule has 0 radical (unpaired) electrons. The van der Waals surface area contributed by atoms with Crippen molar-refractivity contribution < 1.29 is 4.39 Å². The number of imidazole rings is 1. The summed E-state index contributed by atoms with van der Waals surface area (Å²) >= 11 is 0. The number of rotatable bonds is 1. The third-order valence-electron chi connectivity index (χ3n) is 5.62. The predicted octanol–water partition coefficient (Wildman–Crippen LogP) is 4.85. The maximum atomic E-state index is 13.9. The van der Waals surface area contributed by atoms with Crippen molar-refractivity contribution in [2.75, 3.05) is 0 Å². The van der Waals surface area contributed by atoms with Crippen molar-refractivity contribution in [2.45, 2.75) is 18.9 Å². The summed E-state index contributed by atoms with van der Waals surface area (Å²) in [5, 5.41) is 0.823. The van der Waals surface area contributed by atoms with Crippen molar-refractivity contribution in [3.8, 4) is 22.6 Å². The highest BCUT2D eigenvalue weighted by Crippen LogP contribution is 2.48. The molecule has 3 aromatic heterocycles. The first-order valence-electron chi connectivity index (χ1n) is 9.24. The summed E-state index contributed by atoms with van der Waals surface area (Å²) in [5.41, 5.74) is 6.61. The molecule has 4 aromatic rings. The summed E-state index contributed by atoms with van der Waals surface area (Å²) in [5.74, 6) is 0.534. The molecule has 2 N–H and O–H groups in total. The summed E-state index contributed by atoms with van der Waals surface area (Å²) in [4.78, 5) is 21.1. The molecule has 136 valence electrons. The van der Waals surface area contributed by atoms with Gasteiger partial charge in [-0.05, 0) is 43.3 Å². The Labute approximate surface area is 160 Å². The zero-order valence-corrected chi connectivity index (χ0v) is 15.1. The van der Waals surface area contributed by atoms with E-state index in [0.29, 0.717) is 0 Å². The first kappa shape index (κ1) is 15.5. The first-order valence-corrected chi connectivity index (χ1v) is 9.24. The van der Waals surface area contributed by atoms with Gasteiger partial charge in [-0.25, -0.2) is 9.37 Å². The molecule has 4 heterocycles. The number of allylic oxidation sites excluding steroid dienone is 1. The number of hydrogen-bond acceptors (Lipinski definition) is 3. The maximum absolute atomic E-state index is 13.9. The molecule has 28 heavy (non-hydrogen) atoms. The molecule has 1 aliphatic carbocycles. The second-order valence-corrected chi connectivity index (χ2v) is 7.25. The molecule has 0 saturated heterocycles. The van der Waals surface area contributed by atoms with Crippen LogP contribution in [0.25, 0.3) is 33.5 Å². The zero-order chi connectivity index (χ0) is 18.8. The molecule has 0 amide bonds. The Morgan fingerprint density at radius 3 is 3.00 bits per heavy atom. The van der Waals surface area contributed by atoms with E-state index in [2.05, 4.69) is 26.0 Å². The van der Waals surface area contributed by atoms with Gasteiger partial charge in [0.25, 0.3) is 0 Å². The van der Waals surface area contributed by atoms with Crippen LogP contribution < -0.4 is 0 Å². The van der Waals surface area contributed by atoms with Gasteiger partial charge in [-0.1, -0.05) is 6.08 Å². The van der Waals surface area contributed by atoms with Gasteiger partial charge in [-0.15, -0.1) is 0 Å². The van der Waals surface area contributed by atoms with Crippen molar-refractivity contribution in [3.05, 3.63) is 71.6 Å². The van der Waals surface area contributed by atoms with Crippen LogP contribution in [0.2, 0.25) is 0 Å². The lowest BCUT2D eigenvalue weighted by atomic mass is 9.82. The molecule has 0 bridgehead atoms. The number of fused-ring (bicyclic) bond motifs is 7. The number of aromatic nitrogens is 4. The fraction of sp³-hybridized carbons (Fsp3) is 0.136. The fourth-order valence-electron chi connectivity index (χ4n) is 4.41. The number of nitrogens with zero attached hydrogens (tertiary/aromatic N) is 3. The summed E-state index contributed by atoms with van der Waals surface area (Å²) in [6.45, 7) is 1.98. The van der Waals surface area contributed by atoms with Crippen molar-refractivity contribution in [1.82, 2.24) is 19.9 Å². The molecule has 0 spiro atoms. The van der Waals surface area contributed by atoms with Gasteiger partial charge in [0, 0.05) is 46.1 Å². The Bertz CT molecular complexity index is 1310. The van der Waals surface area contributed by atoms with Crippen LogP contribution in [0.3, 0.4) is 0 Å². The molecule has 2 atom stereocenters. The van der Waals surface area contributed by atoms with E-state index in [4.69, 9.17) is 4.98 Å². The van der Waals surface area contributed by atoms with Crippen molar-refractivity contribution in [1.29, 1.82) is 0 Å². The zero-order valence-electron chi connectivity index (χ0n) is 15.1. The lowest BCUT2D eigenvalue weighted by Crippen LogP contribution is -2.18. The number of H-pyrrole nitrogens is 2. The molecule has 6 heteroatoms. The Kier molecular flexibility index (Phi) is 3.04. The lowest BCUT2D eigenvalue weighted by Gasteiger charge is -2.28. The Balaban J connectivity index is 1.62. The number of aryl methyl sites for hydroxylation is 1. The Morgan fingerprint density at radius 1 is 1.14 bits per heavy atom. The van der Waals surface area contributed by atoms with Crippen molar-refractivity contribution >= 4 is 17.1 Å². The van der Waals surface area contributed by atoms with Crippen LogP contribution in [0, 0.1) is 12.7 Å². The average molecular weight is 369 g/mol. The minimum absolute atomic E-state index is 0.0523. The third-order valence-corrected chi connectivity index (χ3v) is 5.62. The number of halogens is 1. The largest absolute Gasteiger partial charge is 0.358 e. The van der Waals surface area contributed by atoms with Crippen LogP contribution >= 0.6 is 0 Å². The normalized spacial score (nSPS) is 19.5. The van der Waals surface area contributed by atoms with E-state index in [1.165, 1.54) is 6.07 Å². The van der Waals surface area contributed by atoms with E-state index in [9.17, 15) is 4.39 Å². The molecule has 2 unspecified atom stereocenters. The number of benzene rings is 1. The van der Waals surface area contributed by atoms with Crippen LogP contribution in [0.15, 0.2) is 53.7 Å². The number of dihydropyridines is 1. The number of pyridine rings is 1. The van der Waals surface area contributed by atoms with Gasteiger partial charge in [-0.2, -0.15) is 0 Å². The van der Waals surface area contributed by atoms with E-state index < -0.39 is 0 Å². The number of aromatic amines is 2. The second kappa shape index (κ2) is 5.48. The molecule has 0 fully saturated rings. The molecule has 2 aliphatic rings. The first-order chi connectivity index (χ1) is 13.7. The highest BCUT2D eigenvalue weighted by molar-refractivity contribution is 5.96. The summed E-state index contributed by atoms with van der Waals surface area (Å²) in [6.07, 6.45) is 7.73. The quantitative estimate of drug-likeness (QED) is 0.504. The molecular formula is C22H16FN5. The highest BCUT2D eigenvalue weighted by Gasteiger charge is 2.37. The average Bonchev–Trinajstić information content (AvgIpc) is 3.28. The standard InChI is InChI=1S/C22H16FN5/c1-11-17(15-10-12(23)6-7-16(15)26-11)22-27-20-13-4-2-8-24-18(13)19-14(21(20)28-22)5-3-9-25-19/h2-10,13,18,26H,1H3,(H,27,28). The molecule has 5 nitrogen and oxygen atoms in total. The summed E-state index contributed by atoms with van der Waals surface area (Å²) < 4.78 is 13.9. The van der Waals surface area contributed by atoms with Gasteiger partial charge in [-0.3, -0.25) is 9.98 Å². The molecular weight excluding hydrogens is 353 g/mol. The van der Waals surface area contributed by atoms with Gasteiger partial charge in [0.1, 0.15) is 17.7 Å². The van der Waals surface area contributed by atoms with Gasteiger partial charge >= 0.3 is 0 Å². The van der Waals surface area contributed by atoms with E-state index in [1.54, 1.807) is 18.3 Å². The van der Waals surface area contributed by atoms with E-state index in [-0.39, 0.29) is 17.8 Å². The van der Waals surface area contributed by atoms with Crippen LogP contribution in [-0.2, 0) is 0 Å². The molecule has 1 aromatic carbocycles. The van der Waals surface area contributed by atoms with Crippen molar-refractivity contribution in [2.24, 2.45) is 4.99 Å². The van der Waals surface area contributed by atoms with Crippen LogP contribution in [0.4, 0.5) is 4.39 Å². The number of nitrogens with one attached hydrogen (secondary N) is 2. The van der Waals surface area contributed by atoms with Crippen LogP contribution in [0.5, 0.6) is 0 Å². The SMILES string of the molecule is Cc1[nH]c2ccc(F)cc2c1-c1nc2c([nH]1)C1C=CC=NC1c1ncccc1-2. The van der Waals surface area contributed by atoms with Crippen LogP contribution in [0.1, 0.15) is 29.0 Å². The smallest absolute Gasteiger partial charge is 0.140 e. The van der Waals surface area contributed by atoms with E-state index in [0.717, 1.165) is 50.6 Å². The van der Waals surface area contributed by atoms with E-state index >= 15 is 0 Å². The Hall–Kier alpha value is -3.54. The maximum Gasteiger partial charge on any atom is 0.140 e. The van der Waals surface area contributed by atoms with E-state index in [1.807, 2.05) is 31.3 Å². The van der Waals surface area contributed by atoms with Gasteiger partial charge in [0.2, 0.25) is 0 Å².